The molecule has 0 aliphatic carbocycles. The molecule has 0 amide bonds. The molecule has 3 heterocycles. The summed E-state index contributed by atoms with van der Waals surface area (Å²) < 4.78 is 8.95. The monoisotopic (exact) mass is 851 g/mol. The number of aliphatic imine (C=N–C) groups is 1. The maximum Gasteiger partial charge on any atom is 0.166 e. The predicted molar refractivity (Wildman–Crippen MR) is 272 cm³/mol. The highest BCUT2D eigenvalue weighted by molar-refractivity contribution is 6.17. The van der Waals surface area contributed by atoms with Crippen molar-refractivity contribution in [3.8, 4) is 51.0 Å². The van der Waals surface area contributed by atoms with Crippen molar-refractivity contribution in [1.29, 1.82) is 0 Å². The summed E-state index contributed by atoms with van der Waals surface area (Å²) in [5, 5.41) is 4.14. The molecule has 0 N–H and O–H groups in total. The number of hydrogen-bond donors (Lipinski definition) is 0. The Kier molecular flexibility index (Phi) is 10.3. The van der Waals surface area contributed by atoms with E-state index in [1.807, 2.05) is 103 Å². The fourth-order valence-electron chi connectivity index (χ4n) is 9.26. The Morgan fingerprint density at radius 3 is 1.83 bits per heavy atom. The van der Waals surface area contributed by atoms with Crippen molar-refractivity contribution in [2.75, 3.05) is 0 Å². The van der Waals surface area contributed by atoms with E-state index in [0.29, 0.717) is 29.3 Å². The van der Waals surface area contributed by atoms with Gasteiger partial charge in [-0.3, -0.25) is 0 Å². The van der Waals surface area contributed by atoms with Crippen LogP contribution in [0.15, 0.2) is 204 Å². The highest BCUT2D eigenvalue weighted by Crippen LogP contribution is 2.43. The van der Waals surface area contributed by atoms with Gasteiger partial charge in [-0.05, 0) is 78.4 Å². The van der Waals surface area contributed by atoms with Crippen molar-refractivity contribution in [3.05, 3.63) is 227 Å². The van der Waals surface area contributed by atoms with Gasteiger partial charge in [0.1, 0.15) is 11.3 Å². The Labute approximate surface area is 383 Å². The van der Waals surface area contributed by atoms with Crippen molar-refractivity contribution >= 4 is 50.8 Å². The van der Waals surface area contributed by atoms with Gasteiger partial charge >= 0.3 is 0 Å². The number of benzene rings is 8. The normalized spacial score (nSPS) is 12.3. The Morgan fingerprint density at radius 2 is 1.15 bits per heavy atom. The molecule has 11 rings (SSSR count). The topological polar surface area (TPSA) is 69.1 Å². The van der Waals surface area contributed by atoms with E-state index in [4.69, 9.17) is 24.4 Å². The number of aryl methyl sites for hydroxylation is 2. The zero-order valence-corrected chi connectivity index (χ0v) is 37.0. The van der Waals surface area contributed by atoms with E-state index < -0.39 is 0 Å². The van der Waals surface area contributed by atoms with E-state index >= 15 is 0 Å². The molecule has 0 aliphatic heterocycles. The molecule has 66 heavy (non-hydrogen) atoms. The van der Waals surface area contributed by atoms with Gasteiger partial charge in [-0.25, -0.2) is 19.9 Å². The van der Waals surface area contributed by atoms with E-state index in [0.717, 1.165) is 72.1 Å². The summed E-state index contributed by atoms with van der Waals surface area (Å²) >= 11 is 0. The minimum atomic E-state index is 0.553. The third-order valence-corrected chi connectivity index (χ3v) is 12.5. The van der Waals surface area contributed by atoms with E-state index in [9.17, 15) is 0 Å². The van der Waals surface area contributed by atoms with Gasteiger partial charge in [-0.15, -0.1) is 0 Å². The Balaban J connectivity index is 1.23. The molecule has 8 aromatic carbocycles. The molecule has 6 heteroatoms. The van der Waals surface area contributed by atoms with Crippen molar-refractivity contribution in [2.24, 2.45) is 4.99 Å². The summed E-state index contributed by atoms with van der Waals surface area (Å²) in [6.45, 7) is 11.0. The lowest BCUT2D eigenvalue weighted by atomic mass is 9.92. The molecule has 0 aliphatic rings. The van der Waals surface area contributed by atoms with Gasteiger partial charge in [0.25, 0.3) is 0 Å². The molecule has 6 nitrogen and oxygen atoms in total. The summed E-state index contributed by atoms with van der Waals surface area (Å²) in [6, 6.07) is 67.0. The zero-order chi connectivity index (χ0) is 44.7. The number of fused-ring (bicyclic) bond motifs is 4. The maximum atomic E-state index is 6.57. The van der Waals surface area contributed by atoms with E-state index in [-0.39, 0.29) is 0 Å². The minimum Gasteiger partial charge on any atom is -0.454 e. The molecule has 316 valence electrons. The largest absolute Gasteiger partial charge is 0.454 e. The average molecular weight is 852 g/mol. The molecule has 3 aromatic heterocycles. The quantitative estimate of drug-likeness (QED) is 0.136. The first-order valence-corrected chi connectivity index (χ1v) is 22.4. The molecule has 0 atom stereocenters. The van der Waals surface area contributed by atoms with Crippen LogP contribution in [-0.4, -0.2) is 25.2 Å². The second-order valence-electron chi connectivity index (χ2n) is 16.6. The van der Waals surface area contributed by atoms with Gasteiger partial charge in [0.05, 0.1) is 16.7 Å². The zero-order valence-electron chi connectivity index (χ0n) is 37.0. The third-order valence-electron chi connectivity index (χ3n) is 12.5. The number of hydrogen-bond acceptors (Lipinski definition) is 5. The van der Waals surface area contributed by atoms with E-state index in [2.05, 4.69) is 123 Å². The van der Waals surface area contributed by atoms with Gasteiger partial charge in [0.2, 0.25) is 0 Å². The van der Waals surface area contributed by atoms with Crippen LogP contribution in [0.1, 0.15) is 35.6 Å². The summed E-state index contributed by atoms with van der Waals surface area (Å²) in [5.74, 6) is 1.73. The van der Waals surface area contributed by atoms with Crippen LogP contribution in [-0.2, 0) is 0 Å². The van der Waals surface area contributed by atoms with Crippen molar-refractivity contribution in [3.63, 3.8) is 0 Å². The number of rotatable bonds is 9. The summed E-state index contributed by atoms with van der Waals surface area (Å²) in [7, 11) is 0. The maximum absolute atomic E-state index is 6.57. The summed E-state index contributed by atoms with van der Waals surface area (Å²) in [4.78, 5) is 21.3. The van der Waals surface area contributed by atoms with Crippen LogP contribution < -0.4 is 10.6 Å². The predicted octanol–water partition coefficient (Wildman–Crippen LogP) is 13.5. The van der Waals surface area contributed by atoms with Crippen molar-refractivity contribution in [2.45, 2.75) is 27.2 Å². The second-order valence-corrected chi connectivity index (χ2v) is 16.6. The van der Waals surface area contributed by atoms with E-state index in [1.165, 1.54) is 33.0 Å². The Bertz CT molecular complexity index is 3720. The Hall–Kier alpha value is -8.48. The van der Waals surface area contributed by atoms with Crippen molar-refractivity contribution in [1.82, 2.24) is 19.5 Å². The first-order valence-electron chi connectivity index (χ1n) is 22.4. The SMILES string of the molecule is C=c1/c(=C(\N=C(CC)c2ccc(-n3c4ccccc4c4c(-c5ccccc5C)c(C)ccc43)c(-c3nc(-c4ccccc4)nc(-c4ccccc4)n3)c2)c2ccccc2)oc2ccccc12. The van der Waals surface area contributed by atoms with E-state index in [1.54, 1.807) is 0 Å². The van der Waals surface area contributed by atoms with Crippen LogP contribution in [0, 0.1) is 13.8 Å². The molecule has 0 spiro atoms. The molecule has 0 fully saturated rings. The standard InChI is InChI=1S/C60H45N5O/c1-5-49(61-56(41-22-9-6-10-23-41)57-40(4)46-29-18-20-32-53(46)66-57)44-34-36-51(48(37-44)60-63-58(42-24-11-7-12-25-42)62-59(64-60)43-26-13-8-14-27-43)65-50-31-19-17-30-47(50)55-52(65)35-33-39(3)54(55)45-28-16-15-21-38(45)2/h6-37H,4-5H2,1-3H3/b57-56+,61-49?. The number of aromatic nitrogens is 4. The molecular formula is C60H45N5O. The highest BCUT2D eigenvalue weighted by atomic mass is 16.3. The molecular weight excluding hydrogens is 807 g/mol. The summed E-state index contributed by atoms with van der Waals surface area (Å²) in [5.41, 5.74) is 15.6. The molecule has 0 bridgehead atoms. The first-order chi connectivity index (χ1) is 32.4. The van der Waals surface area contributed by atoms with Crippen LogP contribution in [0.3, 0.4) is 0 Å². The first kappa shape index (κ1) is 40.3. The van der Waals surface area contributed by atoms with Crippen LogP contribution in [0.2, 0.25) is 0 Å². The highest BCUT2D eigenvalue weighted by Gasteiger charge is 2.23. The molecule has 0 radical (unpaired) electrons. The molecule has 0 saturated heterocycles. The van der Waals surface area contributed by atoms with Gasteiger partial charge in [-0.2, -0.15) is 0 Å². The van der Waals surface area contributed by atoms with Crippen LogP contribution in [0.4, 0.5) is 0 Å². The van der Waals surface area contributed by atoms with Gasteiger partial charge < -0.3 is 8.98 Å². The molecule has 0 unspecified atom stereocenters. The van der Waals surface area contributed by atoms with Gasteiger partial charge in [-0.1, -0.05) is 177 Å². The number of furan rings is 1. The second kappa shape index (κ2) is 16.9. The van der Waals surface area contributed by atoms with Gasteiger partial charge in [0.15, 0.2) is 22.9 Å². The Morgan fingerprint density at radius 1 is 0.545 bits per heavy atom. The average Bonchev–Trinajstić information content (AvgIpc) is 3.89. The third kappa shape index (κ3) is 7.09. The van der Waals surface area contributed by atoms with Crippen molar-refractivity contribution < 1.29 is 4.42 Å². The number of nitrogens with zero attached hydrogens (tertiary/aromatic N) is 5. The lowest BCUT2D eigenvalue weighted by Crippen LogP contribution is -2.22. The van der Waals surface area contributed by atoms with Crippen LogP contribution in [0.5, 0.6) is 0 Å². The summed E-state index contributed by atoms with van der Waals surface area (Å²) in [6.07, 6.45) is 0.637. The number of para-hydroxylation sites is 2. The lowest BCUT2D eigenvalue weighted by Gasteiger charge is -2.17. The molecule has 11 aromatic rings. The van der Waals surface area contributed by atoms with Gasteiger partial charge in [0, 0.05) is 49.3 Å². The smallest absolute Gasteiger partial charge is 0.166 e. The molecule has 0 saturated carbocycles. The fraction of sp³-hybridized carbons (Fsp3) is 0.0667. The fourth-order valence-corrected chi connectivity index (χ4v) is 9.26. The minimum absolute atomic E-state index is 0.553. The van der Waals surface area contributed by atoms with Crippen LogP contribution >= 0.6 is 0 Å². The lowest BCUT2D eigenvalue weighted by molar-refractivity contribution is 0.572. The van der Waals surface area contributed by atoms with Crippen LogP contribution in [0.25, 0.3) is 96.0 Å².